The highest BCUT2D eigenvalue weighted by atomic mass is 16.3. The molecule has 1 fully saturated rings. The van der Waals surface area contributed by atoms with E-state index in [4.69, 9.17) is 0 Å². The van der Waals surface area contributed by atoms with E-state index in [-0.39, 0.29) is 23.8 Å². The van der Waals surface area contributed by atoms with E-state index in [9.17, 15) is 14.7 Å². The van der Waals surface area contributed by atoms with Gasteiger partial charge in [0.05, 0.1) is 6.04 Å². The Labute approximate surface area is 191 Å². The summed E-state index contributed by atoms with van der Waals surface area (Å²) < 4.78 is 0. The molecule has 0 unspecified atom stereocenters. The summed E-state index contributed by atoms with van der Waals surface area (Å²) >= 11 is 0. The summed E-state index contributed by atoms with van der Waals surface area (Å²) in [4.78, 5) is 29.1. The highest BCUT2D eigenvalue weighted by molar-refractivity contribution is 5.96. The highest BCUT2D eigenvalue weighted by Gasteiger charge is 2.46. The molecule has 6 rings (SSSR count). The molecule has 7 heteroatoms. The predicted molar refractivity (Wildman–Crippen MR) is 124 cm³/mol. The minimum Gasteiger partial charge on any atom is -0.502 e. The summed E-state index contributed by atoms with van der Waals surface area (Å²) in [7, 11) is 0. The molecule has 2 aliphatic heterocycles. The fourth-order valence-corrected chi connectivity index (χ4v) is 5.75. The van der Waals surface area contributed by atoms with E-state index in [2.05, 4.69) is 53.4 Å². The molecule has 0 spiro atoms. The van der Waals surface area contributed by atoms with Crippen molar-refractivity contribution in [3.63, 3.8) is 0 Å². The zero-order valence-electron chi connectivity index (χ0n) is 18.5. The lowest BCUT2D eigenvalue weighted by molar-refractivity contribution is 0.0358. The SMILES string of the molecule is C[C@@H]1CC[C@@H]2N(C1)C(=O)c1c(O)c(=O)cnn1N2C1c2ccccc2CCc2ccccc21. The van der Waals surface area contributed by atoms with Gasteiger partial charge in [-0.15, -0.1) is 0 Å². The average molecular weight is 443 g/mol. The third kappa shape index (κ3) is 2.98. The molecule has 3 aromatic rings. The minimum absolute atomic E-state index is 0.0490. The molecule has 1 amide bonds. The molecule has 2 aromatic carbocycles. The molecular formula is C26H26N4O3. The topological polar surface area (TPSA) is 78.7 Å². The summed E-state index contributed by atoms with van der Waals surface area (Å²) in [6.07, 6.45) is 4.52. The smallest absolute Gasteiger partial charge is 0.280 e. The standard InChI is InChI=1S/C26H26N4O3/c1-16-10-13-22-28(15-16)26(33)24-25(32)21(31)14-27-30(24)29(22)23-19-8-4-2-6-17(19)11-12-18-7-3-5-9-20(18)23/h2-9,14,16,22-23,32H,10-13,15H2,1H3/t16-,22-/m1/s1. The van der Waals surface area contributed by atoms with E-state index in [1.165, 1.54) is 27.0 Å². The number of carbonyl (C=O) groups excluding carboxylic acids is 1. The second-order valence-corrected chi connectivity index (χ2v) is 9.40. The first-order valence-electron chi connectivity index (χ1n) is 11.6. The van der Waals surface area contributed by atoms with Crippen LogP contribution in [-0.4, -0.2) is 38.5 Å². The van der Waals surface area contributed by atoms with Crippen LogP contribution in [0.15, 0.2) is 59.5 Å². The number of amides is 1. The Balaban J connectivity index is 1.65. The second-order valence-electron chi connectivity index (χ2n) is 9.40. The minimum atomic E-state index is -0.639. The number of nitrogens with zero attached hydrogens (tertiary/aromatic N) is 4. The first-order chi connectivity index (χ1) is 16.0. The van der Waals surface area contributed by atoms with Crippen LogP contribution in [0.3, 0.4) is 0 Å². The first-order valence-corrected chi connectivity index (χ1v) is 11.6. The fourth-order valence-electron chi connectivity index (χ4n) is 5.75. The number of piperidine rings is 1. The molecule has 1 N–H and O–H groups in total. The lowest BCUT2D eigenvalue weighted by Crippen LogP contribution is -2.65. The Morgan fingerprint density at radius 2 is 1.58 bits per heavy atom. The van der Waals surface area contributed by atoms with Crippen LogP contribution in [0.25, 0.3) is 0 Å². The monoisotopic (exact) mass is 442 g/mol. The lowest BCUT2D eigenvalue weighted by Gasteiger charge is -2.51. The molecule has 0 radical (unpaired) electrons. The number of hydrogen-bond donors (Lipinski definition) is 1. The van der Waals surface area contributed by atoms with Gasteiger partial charge in [-0.1, -0.05) is 55.5 Å². The van der Waals surface area contributed by atoms with Gasteiger partial charge in [-0.25, -0.2) is 0 Å². The number of rotatable bonds is 1. The summed E-state index contributed by atoms with van der Waals surface area (Å²) in [6.45, 7) is 2.72. The maximum Gasteiger partial charge on any atom is 0.280 e. The van der Waals surface area contributed by atoms with Crippen molar-refractivity contribution < 1.29 is 9.90 Å². The molecule has 3 aliphatic rings. The van der Waals surface area contributed by atoms with Crippen molar-refractivity contribution >= 4 is 5.91 Å². The summed E-state index contributed by atoms with van der Waals surface area (Å²) in [6, 6.07) is 16.7. The zero-order valence-corrected chi connectivity index (χ0v) is 18.5. The van der Waals surface area contributed by atoms with E-state index in [1.807, 2.05) is 17.0 Å². The first kappa shape index (κ1) is 20.0. The third-order valence-electron chi connectivity index (χ3n) is 7.34. The number of benzene rings is 2. The maximum atomic E-state index is 13.5. The van der Waals surface area contributed by atoms with E-state index >= 15 is 0 Å². The van der Waals surface area contributed by atoms with Gasteiger partial charge >= 0.3 is 0 Å². The molecular weight excluding hydrogens is 416 g/mol. The van der Waals surface area contributed by atoms with Gasteiger partial charge in [-0.2, -0.15) is 9.89 Å². The van der Waals surface area contributed by atoms with Gasteiger partial charge < -0.3 is 10.0 Å². The van der Waals surface area contributed by atoms with Crippen molar-refractivity contribution in [3.05, 3.63) is 92.9 Å². The Hall–Kier alpha value is -3.61. The van der Waals surface area contributed by atoms with Crippen LogP contribution in [0.2, 0.25) is 0 Å². The normalized spacial score (nSPS) is 22.2. The van der Waals surface area contributed by atoms with Crippen LogP contribution in [0.5, 0.6) is 5.75 Å². The number of carbonyl (C=O) groups is 1. The average Bonchev–Trinajstić information content (AvgIpc) is 2.99. The summed E-state index contributed by atoms with van der Waals surface area (Å²) in [5.74, 6) is -0.523. The largest absolute Gasteiger partial charge is 0.502 e. The number of aryl methyl sites for hydroxylation is 2. The molecule has 3 heterocycles. The van der Waals surface area contributed by atoms with Crippen LogP contribution in [0, 0.1) is 5.92 Å². The Morgan fingerprint density at radius 3 is 2.24 bits per heavy atom. The van der Waals surface area contributed by atoms with Crippen molar-refractivity contribution in [2.24, 2.45) is 5.92 Å². The van der Waals surface area contributed by atoms with Gasteiger partial charge in [-0.3, -0.25) is 14.6 Å². The van der Waals surface area contributed by atoms with Crippen molar-refractivity contribution in [3.8, 4) is 5.75 Å². The summed E-state index contributed by atoms with van der Waals surface area (Å²) in [5.41, 5.74) is 4.17. The Morgan fingerprint density at radius 1 is 0.939 bits per heavy atom. The zero-order chi connectivity index (χ0) is 22.7. The maximum absolute atomic E-state index is 13.5. The van der Waals surface area contributed by atoms with E-state index in [0.717, 1.165) is 31.9 Å². The summed E-state index contributed by atoms with van der Waals surface area (Å²) in [5, 5.41) is 17.2. The third-order valence-corrected chi connectivity index (χ3v) is 7.34. The molecule has 33 heavy (non-hydrogen) atoms. The molecule has 168 valence electrons. The van der Waals surface area contributed by atoms with Crippen LogP contribution in [-0.2, 0) is 12.8 Å². The van der Waals surface area contributed by atoms with Gasteiger partial charge in [0, 0.05) is 6.54 Å². The number of aromatic nitrogens is 2. The Kier molecular flexibility index (Phi) is 4.54. The molecule has 1 saturated heterocycles. The fraction of sp³-hybridized carbons (Fsp3) is 0.346. The molecule has 2 atom stereocenters. The van der Waals surface area contributed by atoms with Crippen LogP contribution >= 0.6 is 0 Å². The van der Waals surface area contributed by atoms with Crippen molar-refractivity contribution in [2.45, 2.75) is 44.8 Å². The van der Waals surface area contributed by atoms with E-state index < -0.39 is 11.2 Å². The van der Waals surface area contributed by atoms with Crippen molar-refractivity contribution in [2.75, 3.05) is 11.6 Å². The Bertz CT molecular complexity index is 1270. The molecule has 1 aromatic heterocycles. The van der Waals surface area contributed by atoms with Gasteiger partial charge in [0.15, 0.2) is 11.4 Å². The number of aromatic hydroxyl groups is 1. The number of fused-ring (bicyclic) bond motifs is 4. The quantitative estimate of drug-likeness (QED) is 0.627. The van der Waals surface area contributed by atoms with Gasteiger partial charge in [0.2, 0.25) is 5.43 Å². The van der Waals surface area contributed by atoms with Gasteiger partial charge in [0.25, 0.3) is 5.91 Å². The predicted octanol–water partition coefficient (Wildman–Crippen LogP) is 2.99. The molecule has 0 saturated carbocycles. The van der Waals surface area contributed by atoms with E-state index in [0.29, 0.717) is 12.5 Å². The lowest BCUT2D eigenvalue weighted by atomic mass is 9.91. The van der Waals surface area contributed by atoms with Crippen molar-refractivity contribution in [1.29, 1.82) is 0 Å². The van der Waals surface area contributed by atoms with Crippen LogP contribution < -0.4 is 10.4 Å². The van der Waals surface area contributed by atoms with E-state index in [1.54, 1.807) is 0 Å². The van der Waals surface area contributed by atoms with Gasteiger partial charge in [0.1, 0.15) is 12.4 Å². The molecule has 1 aliphatic carbocycles. The molecule has 0 bridgehead atoms. The van der Waals surface area contributed by atoms with Crippen molar-refractivity contribution in [1.82, 2.24) is 14.8 Å². The van der Waals surface area contributed by atoms with Crippen LogP contribution in [0.4, 0.5) is 0 Å². The number of hydrogen-bond acceptors (Lipinski definition) is 5. The van der Waals surface area contributed by atoms with Crippen LogP contribution in [0.1, 0.15) is 58.5 Å². The van der Waals surface area contributed by atoms with Gasteiger partial charge in [-0.05, 0) is 53.9 Å². The second kappa shape index (κ2) is 7.47. The highest BCUT2D eigenvalue weighted by Crippen LogP contribution is 2.41. The molecule has 7 nitrogen and oxygen atoms in total.